The predicted molar refractivity (Wildman–Crippen MR) is 307 cm³/mol. The van der Waals surface area contributed by atoms with Gasteiger partial charge >= 0.3 is 0 Å². The Balaban J connectivity index is 1.03. The van der Waals surface area contributed by atoms with Gasteiger partial charge in [0.15, 0.2) is 34.9 Å². The van der Waals surface area contributed by atoms with Gasteiger partial charge in [-0.25, -0.2) is 29.9 Å². The highest BCUT2D eigenvalue weighted by molar-refractivity contribution is 7.26. The fourth-order valence-electron chi connectivity index (χ4n) is 10.9. The summed E-state index contributed by atoms with van der Waals surface area (Å²) < 4.78 is 7.10. The van der Waals surface area contributed by atoms with Crippen molar-refractivity contribution in [3.05, 3.63) is 243 Å². The van der Waals surface area contributed by atoms with Crippen LogP contribution in [0.2, 0.25) is 0 Å². The van der Waals surface area contributed by atoms with E-state index in [2.05, 4.69) is 173 Å². The SMILES string of the molecule is c1ccc(-c2nc(-c3ccccc3)nc(-c3cc(-c4nc(-c5ccccc5)nc(-c5cccc6c5sc5ccccc56)n4)ccc3-n3c4ccccc4c4c5c6ccccc6n(-c6ccccc6)c5ccc43)n2)cc1. The van der Waals surface area contributed by atoms with E-state index in [1.807, 2.05) is 78.9 Å². The summed E-state index contributed by atoms with van der Waals surface area (Å²) in [5.41, 5.74) is 11.6. The Morgan fingerprint density at radius 3 is 1.31 bits per heavy atom. The van der Waals surface area contributed by atoms with Gasteiger partial charge in [-0.05, 0) is 66.7 Å². The topological polar surface area (TPSA) is 87.2 Å². The van der Waals surface area contributed by atoms with E-state index in [1.54, 1.807) is 11.3 Å². The minimum atomic E-state index is 0.514. The molecule has 0 saturated heterocycles. The molecule has 0 N–H and O–H groups in total. The van der Waals surface area contributed by atoms with Crippen molar-refractivity contribution in [2.45, 2.75) is 0 Å². The lowest BCUT2D eigenvalue weighted by Crippen LogP contribution is -2.05. The highest BCUT2D eigenvalue weighted by Gasteiger charge is 2.25. The van der Waals surface area contributed by atoms with E-state index in [-0.39, 0.29) is 0 Å². The van der Waals surface area contributed by atoms with Crippen molar-refractivity contribution in [2.75, 3.05) is 0 Å². The Morgan fingerprint density at radius 1 is 0.280 bits per heavy atom. The van der Waals surface area contributed by atoms with Crippen LogP contribution in [0.5, 0.6) is 0 Å². The van der Waals surface area contributed by atoms with Crippen LogP contribution in [-0.4, -0.2) is 39.0 Å². The van der Waals surface area contributed by atoms with Crippen molar-refractivity contribution in [3.63, 3.8) is 0 Å². The first-order valence-electron chi connectivity index (χ1n) is 25.0. The number of fused-ring (bicyclic) bond motifs is 10. The van der Waals surface area contributed by atoms with Crippen LogP contribution in [0.25, 0.3) is 143 Å². The maximum atomic E-state index is 5.39. The molecule has 75 heavy (non-hydrogen) atoms. The number of benzene rings is 10. The van der Waals surface area contributed by atoms with E-state index in [4.69, 9.17) is 29.9 Å². The maximum Gasteiger partial charge on any atom is 0.166 e. The lowest BCUT2D eigenvalue weighted by atomic mass is 10.0. The molecule has 0 bridgehead atoms. The van der Waals surface area contributed by atoms with Gasteiger partial charge < -0.3 is 9.13 Å². The van der Waals surface area contributed by atoms with Gasteiger partial charge in [0.1, 0.15) is 0 Å². The highest BCUT2D eigenvalue weighted by atomic mass is 32.1. The quantitative estimate of drug-likeness (QED) is 0.151. The second-order valence-corrected chi connectivity index (χ2v) is 19.7. The van der Waals surface area contributed by atoms with Crippen molar-refractivity contribution < 1.29 is 0 Å². The van der Waals surface area contributed by atoms with Gasteiger partial charge in [0, 0.05) is 80.8 Å². The number of aromatic nitrogens is 8. The standard InChI is InChI=1S/C66H40N8S/c1-5-20-41(21-6-1)61-67-62(42-22-7-2-8-23-42)71-66(70-61)51-40-44(64-68-63(43-24-9-3-10-25-43)69-65(72-64)50-32-19-31-47-46-28-15-18-35-57(46)75-60(47)50)36-37-54(51)74-53-34-17-14-30-49(53)59-56(74)39-38-55-58(59)48-29-13-16-33-52(48)73(55)45-26-11-4-12-27-45/h1-40H. The number of hydrogen-bond acceptors (Lipinski definition) is 7. The first-order chi connectivity index (χ1) is 37.2. The van der Waals surface area contributed by atoms with Crippen LogP contribution in [0.4, 0.5) is 0 Å². The third kappa shape index (κ3) is 7.05. The molecule has 0 fully saturated rings. The Kier molecular flexibility index (Phi) is 9.89. The van der Waals surface area contributed by atoms with E-state index in [9.17, 15) is 0 Å². The van der Waals surface area contributed by atoms with Crippen LogP contribution in [0.1, 0.15) is 0 Å². The molecule has 15 rings (SSSR count). The number of thiophene rings is 1. The number of para-hydroxylation sites is 3. The zero-order valence-electron chi connectivity index (χ0n) is 40.1. The molecule has 8 nitrogen and oxygen atoms in total. The van der Waals surface area contributed by atoms with Gasteiger partial charge in [0.05, 0.1) is 27.8 Å². The third-order valence-corrected chi connectivity index (χ3v) is 15.5. The molecule has 0 atom stereocenters. The monoisotopic (exact) mass is 976 g/mol. The third-order valence-electron chi connectivity index (χ3n) is 14.2. The summed E-state index contributed by atoms with van der Waals surface area (Å²) in [6.45, 7) is 0. The van der Waals surface area contributed by atoms with E-state index in [0.717, 1.165) is 76.9 Å². The molecule has 9 heteroatoms. The van der Waals surface area contributed by atoms with E-state index < -0.39 is 0 Å². The molecule has 0 spiro atoms. The molecule has 0 aliphatic rings. The van der Waals surface area contributed by atoms with E-state index in [1.165, 1.54) is 31.6 Å². The summed E-state index contributed by atoms with van der Waals surface area (Å²) in [7, 11) is 0. The molecule has 0 aliphatic carbocycles. The van der Waals surface area contributed by atoms with Gasteiger partial charge in [0.2, 0.25) is 0 Å². The van der Waals surface area contributed by atoms with E-state index >= 15 is 0 Å². The summed E-state index contributed by atoms with van der Waals surface area (Å²) in [4.78, 5) is 31.8. The van der Waals surface area contributed by atoms with Gasteiger partial charge in [0.25, 0.3) is 0 Å². The molecule has 0 saturated carbocycles. The van der Waals surface area contributed by atoms with Crippen LogP contribution in [0.15, 0.2) is 243 Å². The molecule has 0 aliphatic heterocycles. The second-order valence-electron chi connectivity index (χ2n) is 18.6. The molecule has 10 aromatic carbocycles. The highest BCUT2D eigenvalue weighted by Crippen LogP contribution is 2.45. The smallest absolute Gasteiger partial charge is 0.166 e. The molecule has 350 valence electrons. The summed E-state index contributed by atoms with van der Waals surface area (Å²) >= 11 is 1.76. The molecule has 5 heterocycles. The molecule has 0 radical (unpaired) electrons. The fourth-order valence-corrected chi connectivity index (χ4v) is 12.1. The van der Waals surface area contributed by atoms with Crippen molar-refractivity contribution >= 4 is 75.1 Å². The molecule has 0 amide bonds. The maximum absolute atomic E-state index is 5.39. The van der Waals surface area contributed by atoms with Crippen LogP contribution in [-0.2, 0) is 0 Å². The predicted octanol–water partition coefficient (Wildman–Crippen LogP) is 16.6. The molecule has 0 unspecified atom stereocenters. The zero-order valence-corrected chi connectivity index (χ0v) is 40.9. The van der Waals surface area contributed by atoms with Crippen molar-refractivity contribution in [2.24, 2.45) is 0 Å². The molecular weight excluding hydrogens is 937 g/mol. The van der Waals surface area contributed by atoms with Crippen molar-refractivity contribution in [3.8, 4) is 79.7 Å². The lowest BCUT2D eigenvalue weighted by Gasteiger charge is -2.16. The summed E-state index contributed by atoms with van der Waals surface area (Å²) in [5, 5.41) is 7.07. The molecular formula is C66H40N8S. The van der Waals surface area contributed by atoms with Crippen molar-refractivity contribution in [1.29, 1.82) is 0 Å². The first kappa shape index (κ1) is 42.7. The fraction of sp³-hybridized carbons (Fsp3) is 0. The Morgan fingerprint density at radius 2 is 0.720 bits per heavy atom. The Labute approximate surface area is 434 Å². The first-order valence-corrected chi connectivity index (χ1v) is 25.8. The summed E-state index contributed by atoms with van der Waals surface area (Å²) in [6, 6.07) is 84.5. The number of nitrogens with zero attached hydrogens (tertiary/aromatic N) is 8. The molecule has 5 aromatic heterocycles. The zero-order chi connectivity index (χ0) is 49.4. The van der Waals surface area contributed by atoms with Crippen LogP contribution in [0.3, 0.4) is 0 Å². The average Bonchev–Trinajstić information content (AvgIpc) is 4.25. The van der Waals surface area contributed by atoms with E-state index in [0.29, 0.717) is 34.9 Å². The van der Waals surface area contributed by atoms with Gasteiger partial charge in [-0.2, -0.15) is 0 Å². The Bertz CT molecular complexity index is 4640. The van der Waals surface area contributed by atoms with Crippen LogP contribution < -0.4 is 0 Å². The molecule has 15 aromatic rings. The summed E-state index contributed by atoms with van der Waals surface area (Å²) in [5.74, 6) is 3.36. The van der Waals surface area contributed by atoms with Gasteiger partial charge in [-0.3, -0.25) is 0 Å². The number of hydrogen-bond donors (Lipinski definition) is 0. The minimum Gasteiger partial charge on any atom is -0.309 e. The summed E-state index contributed by atoms with van der Waals surface area (Å²) in [6.07, 6.45) is 0. The largest absolute Gasteiger partial charge is 0.309 e. The van der Waals surface area contributed by atoms with Crippen LogP contribution in [0, 0.1) is 0 Å². The number of rotatable bonds is 8. The normalized spacial score (nSPS) is 11.7. The van der Waals surface area contributed by atoms with Crippen molar-refractivity contribution in [1.82, 2.24) is 39.0 Å². The average molecular weight is 977 g/mol. The van der Waals surface area contributed by atoms with Crippen LogP contribution >= 0.6 is 11.3 Å². The minimum absolute atomic E-state index is 0.514. The lowest BCUT2D eigenvalue weighted by molar-refractivity contribution is 1.06. The second kappa shape index (κ2) is 17.4. The van der Waals surface area contributed by atoms with Gasteiger partial charge in [-0.15, -0.1) is 11.3 Å². The Hall–Kier alpha value is -9.96. The van der Waals surface area contributed by atoms with Gasteiger partial charge in [-0.1, -0.05) is 176 Å².